The highest BCUT2D eigenvalue weighted by atomic mass is 32.2. The highest BCUT2D eigenvalue weighted by molar-refractivity contribution is 8.00. The van der Waals surface area contributed by atoms with E-state index < -0.39 is 0 Å². The number of hydrogen-bond donors (Lipinski definition) is 0. The summed E-state index contributed by atoms with van der Waals surface area (Å²) in [6, 6.07) is 2.79. The van der Waals surface area contributed by atoms with E-state index in [1.807, 2.05) is 11.8 Å². The third-order valence-corrected chi connectivity index (χ3v) is 7.39. The molecule has 1 aliphatic heterocycles. The monoisotopic (exact) mass is 364 g/mol. The molecule has 25 heavy (non-hydrogen) atoms. The first-order chi connectivity index (χ1) is 12.3. The van der Waals surface area contributed by atoms with E-state index in [2.05, 4.69) is 11.0 Å². The summed E-state index contributed by atoms with van der Waals surface area (Å²) in [5, 5.41) is 9.74. The van der Waals surface area contributed by atoms with Gasteiger partial charge in [0.2, 0.25) is 5.91 Å². The van der Waals surface area contributed by atoms with Crippen LogP contribution in [-0.4, -0.2) is 47.1 Å². The molecule has 3 aliphatic rings. The third-order valence-electron chi connectivity index (χ3n) is 6.01. The fourth-order valence-corrected chi connectivity index (χ4v) is 5.81. The summed E-state index contributed by atoms with van der Waals surface area (Å²) in [7, 11) is 0. The van der Waals surface area contributed by atoms with Crippen LogP contribution in [0.15, 0.2) is 0 Å². The number of nitrogens with zero attached hydrogens (tertiary/aromatic N) is 2. The van der Waals surface area contributed by atoms with Gasteiger partial charge in [-0.15, -0.1) is 0 Å². The van der Waals surface area contributed by atoms with Gasteiger partial charge < -0.3 is 9.64 Å². The van der Waals surface area contributed by atoms with E-state index in [1.54, 1.807) is 0 Å². The molecule has 0 spiro atoms. The van der Waals surface area contributed by atoms with E-state index >= 15 is 0 Å². The summed E-state index contributed by atoms with van der Waals surface area (Å²) < 4.78 is 5.96. The average molecular weight is 365 g/mol. The smallest absolute Gasteiger partial charge is 0.248 e. The Bertz CT molecular complexity index is 467. The van der Waals surface area contributed by atoms with E-state index in [4.69, 9.17) is 10.00 Å². The Morgan fingerprint density at radius 3 is 2.64 bits per heavy atom. The number of carbonyl (C=O) groups excluding carboxylic acids is 1. The second-order valence-electron chi connectivity index (χ2n) is 7.90. The van der Waals surface area contributed by atoms with Gasteiger partial charge in [-0.25, -0.2) is 0 Å². The van der Waals surface area contributed by atoms with Gasteiger partial charge in [0.05, 0.1) is 12.2 Å². The summed E-state index contributed by atoms with van der Waals surface area (Å²) >= 11 is 2.03. The minimum Gasteiger partial charge on any atom is -0.368 e. The van der Waals surface area contributed by atoms with Crippen molar-refractivity contribution in [3.8, 4) is 6.07 Å². The van der Waals surface area contributed by atoms with E-state index in [1.165, 1.54) is 37.9 Å². The Labute approximate surface area is 156 Å². The average Bonchev–Trinajstić information content (AvgIpc) is 3.18. The second kappa shape index (κ2) is 9.83. The molecule has 3 atom stereocenters. The number of hydrogen-bond acceptors (Lipinski definition) is 4. The number of carbonyl (C=O) groups is 1. The summed E-state index contributed by atoms with van der Waals surface area (Å²) in [5.74, 6) is 1.53. The van der Waals surface area contributed by atoms with Crippen molar-refractivity contribution in [3.63, 3.8) is 0 Å². The highest BCUT2D eigenvalue weighted by Crippen LogP contribution is 2.30. The molecule has 3 unspecified atom stereocenters. The zero-order valence-corrected chi connectivity index (χ0v) is 16.1. The normalized spacial score (nSPS) is 30.8. The lowest BCUT2D eigenvalue weighted by atomic mass is 9.88. The van der Waals surface area contributed by atoms with Crippen molar-refractivity contribution in [1.82, 2.24) is 4.90 Å². The van der Waals surface area contributed by atoms with Crippen molar-refractivity contribution >= 4 is 17.7 Å². The first-order valence-corrected chi connectivity index (χ1v) is 11.2. The summed E-state index contributed by atoms with van der Waals surface area (Å²) in [6.45, 7) is 1.11. The number of thioether (sulfide) groups is 1. The molecule has 0 bridgehead atoms. The van der Waals surface area contributed by atoms with Crippen LogP contribution in [-0.2, 0) is 9.53 Å². The molecule has 1 amide bonds. The zero-order chi connectivity index (χ0) is 17.5. The number of ether oxygens (including phenoxy) is 1. The van der Waals surface area contributed by atoms with Gasteiger partial charge in [0.25, 0.3) is 0 Å². The molecule has 3 fully saturated rings. The lowest BCUT2D eigenvalue weighted by Gasteiger charge is -2.36. The molecule has 2 aliphatic carbocycles. The van der Waals surface area contributed by atoms with Gasteiger partial charge in [-0.2, -0.15) is 17.0 Å². The van der Waals surface area contributed by atoms with Gasteiger partial charge >= 0.3 is 0 Å². The molecule has 4 nitrogen and oxygen atoms in total. The van der Waals surface area contributed by atoms with Gasteiger partial charge in [0.1, 0.15) is 6.61 Å². The van der Waals surface area contributed by atoms with Crippen LogP contribution in [0.1, 0.15) is 70.6 Å². The van der Waals surface area contributed by atoms with Crippen molar-refractivity contribution in [1.29, 1.82) is 5.26 Å². The van der Waals surface area contributed by atoms with Crippen molar-refractivity contribution < 1.29 is 9.53 Å². The summed E-state index contributed by atoms with van der Waals surface area (Å²) in [6.07, 6.45) is 12.6. The van der Waals surface area contributed by atoms with Gasteiger partial charge in [0, 0.05) is 23.8 Å². The Balaban J connectivity index is 1.53. The molecule has 0 aromatic rings. The standard InChI is InChI=1S/C20H32N2O2S/c21-13-16-6-4-9-18(12-16)24-15-20(23)22(14-19-10-5-11-25-19)17-7-2-1-3-8-17/h16-19H,1-12,14-15H2. The van der Waals surface area contributed by atoms with Crippen LogP contribution in [0.5, 0.6) is 0 Å². The van der Waals surface area contributed by atoms with Gasteiger partial charge in [0.15, 0.2) is 0 Å². The number of amides is 1. The van der Waals surface area contributed by atoms with Crippen LogP contribution in [0.4, 0.5) is 0 Å². The minimum atomic E-state index is 0.0939. The van der Waals surface area contributed by atoms with Crippen LogP contribution in [0, 0.1) is 17.2 Å². The molecule has 0 aromatic heterocycles. The maximum absolute atomic E-state index is 13.0. The quantitative estimate of drug-likeness (QED) is 0.711. The largest absolute Gasteiger partial charge is 0.368 e. The predicted molar refractivity (Wildman–Crippen MR) is 101 cm³/mol. The lowest BCUT2D eigenvalue weighted by molar-refractivity contribution is -0.142. The fourth-order valence-electron chi connectivity index (χ4n) is 4.54. The molecule has 2 saturated carbocycles. The van der Waals surface area contributed by atoms with E-state index in [9.17, 15) is 4.79 Å². The molecule has 0 aromatic carbocycles. The molecular formula is C20H32N2O2S. The Kier molecular flexibility index (Phi) is 7.49. The fraction of sp³-hybridized carbons (Fsp3) is 0.900. The summed E-state index contributed by atoms with van der Waals surface area (Å²) in [5.41, 5.74) is 0. The summed E-state index contributed by atoms with van der Waals surface area (Å²) in [4.78, 5) is 15.1. The molecule has 0 N–H and O–H groups in total. The highest BCUT2D eigenvalue weighted by Gasteiger charge is 2.30. The molecule has 1 heterocycles. The van der Waals surface area contributed by atoms with E-state index in [-0.39, 0.29) is 24.5 Å². The Morgan fingerprint density at radius 1 is 1.08 bits per heavy atom. The second-order valence-corrected chi connectivity index (χ2v) is 9.31. The van der Waals surface area contributed by atoms with Gasteiger partial charge in [-0.05, 0) is 57.1 Å². The van der Waals surface area contributed by atoms with Gasteiger partial charge in [-0.1, -0.05) is 19.3 Å². The number of nitriles is 1. The van der Waals surface area contributed by atoms with E-state index in [0.717, 1.165) is 45.1 Å². The lowest BCUT2D eigenvalue weighted by Crippen LogP contribution is -2.46. The maximum atomic E-state index is 13.0. The van der Waals surface area contributed by atoms with Crippen molar-refractivity contribution in [2.75, 3.05) is 18.9 Å². The van der Waals surface area contributed by atoms with Crippen LogP contribution >= 0.6 is 11.8 Å². The SMILES string of the molecule is N#CC1CCCC(OCC(=O)N(CC2CCCS2)C2CCCCC2)C1. The van der Waals surface area contributed by atoms with Crippen LogP contribution in [0.2, 0.25) is 0 Å². The molecule has 3 rings (SSSR count). The zero-order valence-electron chi connectivity index (χ0n) is 15.3. The van der Waals surface area contributed by atoms with Crippen molar-refractivity contribution in [2.24, 2.45) is 5.92 Å². The topological polar surface area (TPSA) is 53.3 Å². The first kappa shape index (κ1) is 19.0. The van der Waals surface area contributed by atoms with Crippen LogP contribution in [0.25, 0.3) is 0 Å². The number of rotatable bonds is 6. The molecule has 0 radical (unpaired) electrons. The molecule has 140 valence electrons. The van der Waals surface area contributed by atoms with Crippen molar-refractivity contribution in [2.45, 2.75) is 88.0 Å². The third kappa shape index (κ3) is 5.62. The molecule has 5 heteroatoms. The molecule has 1 saturated heterocycles. The Hall–Kier alpha value is -0.730. The maximum Gasteiger partial charge on any atom is 0.248 e. The molecular weight excluding hydrogens is 332 g/mol. The Morgan fingerprint density at radius 2 is 1.92 bits per heavy atom. The predicted octanol–water partition coefficient (Wildman–Crippen LogP) is 4.14. The minimum absolute atomic E-state index is 0.0939. The van der Waals surface area contributed by atoms with Crippen molar-refractivity contribution in [3.05, 3.63) is 0 Å². The van der Waals surface area contributed by atoms with E-state index in [0.29, 0.717) is 11.3 Å². The van der Waals surface area contributed by atoms with Crippen LogP contribution < -0.4 is 0 Å². The van der Waals surface area contributed by atoms with Gasteiger partial charge in [-0.3, -0.25) is 4.79 Å². The van der Waals surface area contributed by atoms with Crippen LogP contribution in [0.3, 0.4) is 0 Å². The first-order valence-electron chi connectivity index (χ1n) is 10.2.